The summed E-state index contributed by atoms with van der Waals surface area (Å²) < 4.78 is 29.4. The zero-order chi connectivity index (χ0) is 32.0. The van der Waals surface area contributed by atoms with E-state index in [4.69, 9.17) is 34.8 Å². The Balaban J connectivity index is 1.77. The fourth-order valence-electron chi connectivity index (χ4n) is 5.52. The van der Waals surface area contributed by atoms with Gasteiger partial charge in [0.1, 0.15) is 12.6 Å². The topological polar surface area (TPSA) is 86.8 Å². The smallest absolute Gasteiger partial charge is 0.264 e. The van der Waals surface area contributed by atoms with Crippen LogP contribution in [0, 0.1) is 13.8 Å². The van der Waals surface area contributed by atoms with Gasteiger partial charge >= 0.3 is 0 Å². The molecule has 1 atom stereocenters. The molecule has 0 heterocycles. The molecule has 1 aliphatic carbocycles. The third kappa shape index (κ3) is 8.08. The number of carbonyl (C=O) groups excluding carboxylic acids is 2. The van der Waals surface area contributed by atoms with Crippen molar-refractivity contribution >= 4 is 62.3 Å². The number of nitrogens with zero attached hydrogens (tertiary/aromatic N) is 2. The zero-order valence-electron chi connectivity index (χ0n) is 25.2. The molecule has 44 heavy (non-hydrogen) atoms. The maximum Gasteiger partial charge on any atom is 0.264 e. The highest BCUT2D eigenvalue weighted by Crippen LogP contribution is 2.32. The number of aryl methyl sites for hydroxylation is 2. The minimum Gasteiger partial charge on any atom is -0.352 e. The maximum atomic E-state index is 14.4. The van der Waals surface area contributed by atoms with Gasteiger partial charge in [-0.05, 0) is 75.1 Å². The van der Waals surface area contributed by atoms with E-state index < -0.39 is 28.5 Å². The van der Waals surface area contributed by atoms with Crippen LogP contribution in [0.3, 0.4) is 0 Å². The fourth-order valence-corrected chi connectivity index (χ4v) is 7.67. The lowest BCUT2D eigenvalue weighted by molar-refractivity contribution is -0.140. The van der Waals surface area contributed by atoms with Crippen molar-refractivity contribution in [2.24, 2.45) is 0 Å². The van der Waals surface area contributed by atoms with Gasteiger partial charge in [0.05, 0.1) is 10.6 Å². The van der Waals surface area contributed by atoms with Crippen molar-refractivity contribution in [3.05, 3.63) is 92.4 Å². The van der Waals surface area contributed by atoms with Crippen LogP contribution in [0.15, 0.2) is 65.6 Å². The molecule has 0 unspecified atom stereocenters. The Morgan fingerprint density at radius 3 is 2.18 bits per heavy atom. The Bertz CT molecular complexity index is 1570. The first-order valence-corrected chi connectivity index (χ1v) is 17.4. The second kappa shape index (κ2) is 15.0. The zero-order valence-corrected chi connectivity index (χ0v) is 28.2. The van der Waals surface area contributed by atoms with Crippen LogP contribution in [0.4, 0.5) is 5.69 Å². The number of halogens is 3. The largest absolute Gasteiger partial charge is 0.352 e. The highest BCUT2D eigenvalue weighted by Gasteiger charge is 2.35. The molecule has 11 heteroatoms. The van der Waals surface area contributed by atoms with Crippen molar-refractivity contribution in [2.75, 3.05) is 10.8 Å². The number of amides is 2. The number of sulfonamides is 1. The van der Waals surface area contributed by atoms with E-state index in [-0.39, 0.29) is 29.1 Å². The predicted octanol–water partition coefficient (Wildman–Crippen LogP) is 7.72. The minimum absolute atomic E-state index is 0.0260. The molecule has 0 radical (unpaired) electrons. The van der Waals surface area contributed by atoms with Crippen LogP contribution in [0.5, 0.6) is 0 Å². The van der Waals surface area contributed by atoms with Crippen molar-refractivity contribution in [2.45, 2.75) is 82.8 Å². The Morgan fingerprint density at radius 1 is 0.932 bits per heavy atom. The molecule has 1 saturated carbocycles. The summed E-state index contributed by atoms with van der Waals surface area (Å²) in [5, 5.41) is 4.14. The van der Waals surface area contributed by atoms with Gasteiger partial charge in [-0.3, -0.25) is 13.9 Å². The lowest BCUT2D eigenvalue weighted by atomic mass is 9.95. The van der Waals surface area contributed by atoms with E-state index >= 15 is 0 Å². The Hall–Kier alpha value is -2.78. The summed E-state index contributed by atoms with van der Waals surface area (Å²) in [5.74, 6) is -0.871. The van der Waals surface area contributed by atoms with Gasteiger partial charge in [-0.25, -0.2) is 8.42 Å². The average molecular weight is 679 g/mol. The van der Waals surface area contributed by atoms with Crippen LogP contribution >= 0.6 is 34.8 Å². The van der Waals surface area contributed by atoms with Crippen molar-refractivity contribution < 1.29 is 18.0 Å². The molecule has 1 fully saturated rings. The molecule has 0 bridgehead atoms. The molecule has 0 aromatic heterocycles. The molecule has 0 aliphatic heterocycles. The number of nitrogens with one attached hydrogen (secondary N) is 1. The molecule has 1 N–H and O–H groups in total. The van der Waals surface area contributed by atoms with E-state index in [2.05, 4.69) is 5.32 Å². The molecule has 2 amide bonds. The van der Waals surface area contributed by atoms with Crippen molar-refractivity contribution in [1.29, 1.82) is 0 Å². The molecular formula is C33H38Cl3N3O4S. The first-order valence-electron chi connectivity index (χ1n) is 14.8. The van der Waals surface area contributed by atoms with Crippen LogP contribution in [-0.4, -0.2) is 43.8 Å². The number of rotatable bonds is 11. The summed E-state index contributed by atoms with van der Waals surface area (Å²) in [6.07, 6.45) is 5.25. The van der Waals surface area contributed by atoms with E-state index in [9.17, 15) is 18.0 Å². The third-order valence-corrected chi connectivity index (χ3v) is 10.8. The molecule has 0 saturated heterocycles. The summed E-state index contributed by atoms with van der Waals surface area (Å²) in [6, 6.07) is 15.5. The molecule has 7 nitrogen and oxygen atoms in total. The van der Waals surface area contributed by atoms with E-state index in [0.29, 0.717) is 32.6 Å². The number of hydrogen-bond donors (Lipinski definition) is 1. The van der Waals surface area contributed by atoms with Crippen molar-refractivity contribution in [3.63, 3.8) is 0 Å². The van der Waals surface area contributed by atoms with E-state index in [0.717, 1.165) is 42.0 Å². The van der Waals surface area contributed by atoms with Gasteiger partial charge in [0.2, 0.25) is 11.8 Å². The SMILES string of the molecule is CC[C@@H](C(=O)NC1CCCCC1)N(Cc1c(Cl)cccc1Cl)C(=O)CN(c1cc(Cl)ccc1C)S(=O)(=O)c1ccc(C)cc1. The number of hydrogen-bond acceptors (Lipinski definition) is 4. The third-order valence-electron chi connectivity index (χ3n) is 8.06. The summed E-state index contributed by atoms with van der Waals surface area (Å²) in [6.45, 7) is 4.77. The lowest BCUT2D eigenvalue weighted by Crippen LogP contribution is -2.54. The van der Waals surface area contributed by atoms with Gasteiger partial charge in [-0.15, -0.1) is 0 Å². The monoisotopic (exact) mass is 677 g/mol. The quantitative estimate of drug-likeness (QED) is 0.225. The van der Waals surface area contributed by atoms with Gasteiger partial charge in [-0.1, -0.05) is 90.8 Å². The fraction of sp³-hybridized carbons (Fsp3) is 0.394. The minimum atomic E-state index is -4.23. The molecule has 0 spiro atoms. The highest BCUT2D eigenvalue weighted by atomic mass is 35.5. The number of carbonyl (C=O) groups is 2. The van der Waals surface area contributed by atoms with Gasteiger partial charge in [-0.2, -0.15) is 0 Å². The Kier molecular flexibility index (Phi) is 11.6. The van der Waals surface area contributed by atoms with Crippen LogP contribution < -0.4 is 9.62 Å². The van der Waals surface area contributed by atoms with Crippen molar-refractivity contribution in [3.8, 4) is 0 Å². The van der Waals surface area contributed by atoms with Crippen LogP contribution in [0.1, 0.15) is 62.1 Å². The van der Waals surface area contributed by atoms with Crippen LogP contribution in [0.2, 0.25) is 15.1 Å². The second-order valence-corrected chi connectivity index (χ2v) is 14.4. The van der Waals surface area contributed by atoms with Crippen molar-refractivity contribution in [1.82, 2.24) is 10.2 Å². The maximum absolute atomic E-state index is 14.4. The second-order valence-electron chi connectivity index (χ2n) is 11.2. The Morgan fingerprint density at radius 2 is 1.57 bits per heavy atom. The molecule has 3 aromatic carbocycles. The molecule has 236 valence electrons. The van der Waals surface area contributed by atoms with Gasteiger partial charge < -0.3 is 10.2 Å². The highest BCUT2D eigenvalue weighted by molar-refractivity contribution is 7.92. The molecule has 4 rings (SSSR count). The van der Waals surface area contributed by atoms with E-state index in [1.54, 1.807) is 49.4 Å². The average Bonchev–Trinajstić information content (AvgIpc) is 2.99. The van der Waals surface area contributed by atoms with Crippen LogP contribution in [-0.2, 0) is 26.2 Å². The molecular weight excluding hydrogens is 641 g/mol. The molecule has 3 aromatic rings. The molecule has 1 aliphatic rings. The van der Waals surface area contributed by atoms with Gasteiger partial charge in [0.15, 0.2) is 0 Å². The Labute approximate surface area is 275 Å². The first kappa shape index (κ1) is 34.1. The predicted molar refractivity (Wildman–Crippen MR) is 178 cm³/mol. The normalized spacial score (nSPS) is 14.6. The summed E-state index contributed by atoms with van der Waals surface area (Å²) in [4.78, 5) is 29.6. The first-order chi connectivity index (χ1) is 20.9. The standard InChI is InChI=1S/C33H38Cl3N3O4S/c1-4-30(33(41)37-25-9-6-5-7-10-25)38(20-27-28(35)11-8-12-29(27)36)32(40)21-39(31-19-24(34)16-15-23(31)3)44(42,43)26-17-13-22(2)14-18-26/h8,11-19,25,30H,4-7,9-10,20-21H2,1-3H3,(H,37,41)/t30-/m0/s1. The van der Waals surface area contributed by atoms with E-state index in [1.807, 2.05) is 13.8 Å². The van der Waals surface area contributed by atoms with Gasteiger partial charge in [0.25, 0.3) is 10.0 Å². The summed E-state index contributed by atoms with van der Waals surface area (Å²) in [7, 11) is -4.23. The lowest BCUT2D eigenvalue weighted by Gasteiger charge is -2.35. The van der Waals surface area contributed by atoms with Gasteiger partial charge in [0, 0.05) is 33.2 Å². The number of benzene rings is 3. The summed E-state index contributed by atoms with van der Waals surface area (Å²) in [5.41, 5.74) is 2.24. The number of anilines is 1. The summed E-state index contributed by atoms with van der Waals surface area (Å²) >= 11 is 19.4. The van der Waals surface area contributed by atoms with E-state index in [1.165, 1.54) is 23.1 Å². The van der Waals surface area contributed by atoms with Crippen LogP contribution in [0.25, 0.3) is 0 Å².